The molecule has 122 valence electrons. The molecule has 0 saturated heterocycles. The van der Waals surface area contributed by atoms with Crippen LogP contribution in [-0.2, 0) is 19.3 Å². The van der Waals surface area contributed by atoms with E-state index < -0.39 is 11.7 Å². The number of halogens is 3. The highest BCUT2D eigenvalue weighted by atomic mass is 19.4. The topological polar surface area (TPSA) is 54.0 Å². The van der Waals surface area contributed by atoms with E-state index in [4.69, 9.17) is 0 Å². The van der Waals surface area contributed by atoms with Gasteiger partial charge >= 0.3 is 12.2 Å². The lowest BCUT2D eigenvalue weighted by molar-refractivity contribution is -0.137. The van der Waals surface area contributed by atoms with E-state index in [0.717, 1.165) is 17.7 Å². The molecule has 2 amide bonds. The highest BCUT2D eigenvalue weighted by Gasteiger charge is 2.30. The van der Waals surface area contributed by atoms with Crippen LogP contribution in [0.1, 0.15) is 22.3 Å². The molecule has 0 saturated carbocycles. The van der Waals surface area contributed by atoms with Gasteiger partial charge in [0.05, 0.1) is 5.56 Å². The second-order valence-corrected chi connectivity index (χ2v) is 5.03. The van der Waals surface area contributed by atoms with Gasteiger partial charge in [-0.25, -0.2) is 4.79 Å². The minimum atomic E-state index is -4.36. The predicted molar refractivity (Wildman–Crippen MR) is 79.5 cm³/mol. The molecule has 2 aromatic rings. The van der Waals surface area contributed by atoms with Crippen LogP contribution in [0.4, 0.5) is 18.0 Å². The molecule has 0 aliphatic heterocycles. The number of hydrogen-bond donors (Lipinski definition) is 2. The minimum Gasteiger partial charge on any atom is -0.334 e. The van der Waals surface area contributed by atoms with E-state index in [1.54, 1.807) is 31.5 Å². The van der Waals surface area contributed by atoms with Gasteiger partial charge in [0.25, 0.3) is 0 Å². The van der Waals surface area contributed by atoms with Gasteiger partial charge in [0.15, 0.2) is 0 Å². The fourth-order valence-corrected chi connectivity index (χ4v) is 1.99. The maximum absolute atomic E-state index is 12.6. The number of urea groups is 1. The van der Waals surface area contributed by atoms with E-state index in [1.807, 2.05) is 0 Å². The first-order valence-electron chi connectivity index (χ1n) is 6.93. The van der Waals surface area contributed by atoms with Gasteiger partial charge in [0.1, 0.15) is 0 Å². The van der Waals surface area contributed by atoms with Crippen molar-refractivity contribution >= 4 is 6.03 Å². The zero-order valence-corrected chi connectivity index (χ0v) is 12.4. The Kier molecular flexibility index (Phi) is 5.20. The van der Waals surface area contributed by atoms with Crippen molar-refractivity contribution < 1.29 is 18.0 Å². The van der Waals surface area contributed by atoms with E-state index in [0.29, 0.717) is 17.7 Å². The number of carbonyl (C=O) groups excluding carboxylic acids is 1. The quantitative estimate of drug-likeness (QED) is 0.906. The van der Waals surface area contributed by atoms with Crippen molar-refractivity contribution in [1.82, 2.24) is 15.6 Å². The van der Waals surface area contributed by atoms with Crippen molar-refractivity contribution in [3.8, 4) is 0 Å². The number of rotatable bonds is 4. The highest BCUT2D eigenvalue weighted by Crippen LogP contribution is 2.30. The molecule has 1 aromatic heterocycles. The SMILES string of the molecule is Cc1cc(C(F)(F)F)ccc1CNC(=O)NCc1ccncc1. The van der Waals surface area contributed by atoms with Crippen LogP contribution >= 0.6 is 0 Å². The number of amides is 2. The van der Waals surface area contributed by atoms with Crippen LogP contribution < -0.4 is 10.6 Å². The summed E-state index contributed by atoms with van der Waals surface area (Å²) in [6, 6.07) is 6.63. The zero-order valence-electron chi connectivity index (χ0n) is 12.4. The molecular formula is C16H16F3N3O. The number of benzene rings is 1. The monoisotopic (exact) mass is 323 g/mol. The number of aromatic nitrogens is 1. The third-order valence-electron chi connectivity index (χ3n) is 3.31. The number of carbonyl (C=O) groups is 1. The minimum absolute atomic E-state index is 0.159. The normalized spacial score (nSPS) is 11.1. The molecule has 4 nitrogen and oxygen atoms in total. The first-order chi connectivity index (χ1) is 10.9. The van der Waals surface area contributed by atoms with Crippen molar-refractivity contribution in [3.05, 3.63) is 65.0 Å². The zero-order chi connectivity index (χ0) is 16.9. The molecule has 7 heteroatoms. The summed E-state index contributed by atoms with van der Waals surface area (Å²) in [5, 5.41) is 5.29. The van der Waals surface area contributed by atoms with Crippen molar-refractivity contribution in [3.63, 3.8) is 0 Å². The van der Waals surface area contributed by atoms with Gasteiger partial charge < -0.3 is 10.6 Å². The van der Waals surface area contributed by atoms with E-state index in [2.05, 4.69) is 15.6 Å². The van der Waals surface area contributed by atoms with Crippen molar-refractivity contribution in [2.75, 3.05) is 0 Å². The smallest absolute Gasteiger partial charge is 0.334 e. The van der Waals surface area contributed by atoms with E-state index in [1.165, 1.54) is 6.07 Å². The lowest BCUT2D eigenvalue weighted by Gasteiger charge is -2.12. The Morgan fingerprint density at radius 3 is 2.35 bits per heavy atom. The van der Waals surface area contributed by atoms with Gasteiger partial charge in [-0.05, 0) is 47.9 Å². The third kappa shape index (κ3) is 4.98. The van der Waals surface area contributed by atoms with Gasteiger partial charge in [-0.15, -0.1) is 0 Å². The summed E-state index contributed by atoms with van der Waals surface area (Å²) in [5.74, 6) is 0. The number of hydrogen-bond acceptors (Lipinski definition) is 2. The Bertz CT molecular complexity index is 672. The highest BCUT2D eigenvalue weighted by molar-refractivity contribution is 5.73. The van der Waals surface area contributed by atoms with Crippen LogP contribution in [0, 0.1) is 6.92 Å². The fourth-order valence-electron chi connectivity index (χ4n) is 1.99. The van der Waals surface area contributed by atoms with Crippen LogP contribution in [0.3, 0.4) is 0 Å². The number of alkyl halides is 3. The molecule has 2 N–H and O–H groups in total. The molecule has 0 radical (unpaired) electrons. The van der Waals surface area contributed by atoms with Gasteiger partial charge in [-0.3, -0.25) is 4.98 Å². The average Bonchev–Trinajstić information content (AvgIpc) is 2.51. The van der Waals surface area contributed by atoms with Crippen molar-refractivity contribution in [2.24, 2.45) is 0 Å². The van der Waals surface area contributed by atoms with Gasteiger partial charge in [-0.2, -0.15) is 13.2 Å². The molecule has 0 bridgehead atoms. The largest absolute Gasteiger partial charge is 0.416 e. The maximum atomic E-state index is 12.6. The number of pyridine rings is 1. The molecule has 1 heterocycles. The summed E-state index contributed by atoms with van der Waals surface area (Å²) in [5.41, 5.74) is 1.33. The fraction of sp³-hybridized carbons (Fsp3) is 0.250. The van der Waals surface area contributed by atoms with Crippen molar-refractivity contribution in [2.45, 2.75) is 26.2 Å². The number of nitrogens with one attached hydrogen (secondary N) is 2. The summed E-state index contributed by atoms with van der Waals surface area (Å²) >= 11 is 0. The van der Waals surface area contributed by atoms with Crippen LogP contribution in [0.2, 0.25) is 0 Å². The van der Waals surface area contributed by atoms with Crippen LogP contribution in [0.25, 0.3) is 0 Å². The van der Waals surface area contributed by atoms with E-state index in [-0.39, 0.29) is 12.6 Å². The molecular weight excluding hydrogens is 307 g/mol. The predicted octanol–water partition coefficient (Wildman–Crippen LogP) is 3.41. The average molecular weight is 323 g/mol. The summed E-state index contributed by atoms with van der Waals surface area (Å²) in [6.07, 6.45) is -1.11. The molecule has 0 unspecified atom stereocenters. The summed E-state index contributed by atoms with van der Waals surface area (Å²) in [7, 11) is 0. The number of nitrogens with zero attached hydrogens (tertiary/aromatic N) is 1. The lowest BCUT2D eigenvalue weighted by atomic mass is 10.0. The summed E-state index contributed by atoms with van der Waals surface area (Å²) in [6.45, 7) is 2.09. The van der Waals surface area contributed by atoms with Gasteiger partial charge in [0.2, 0.25) is 0 Å². The van der Waals surface area contributed by atoms with Crippen LogP contribution in [0.5, 0.6) is 0 Å². The number of aryl methyl sites for hydroxylation is 1. The summed E-state index contributed by atoms with van der Waals surface area (Å²) < 4.78 is 37.8. The molecule has 0 aliphatic carbocycles. The Labute approximate surface area is 131 Å². The molecule has 1 aromatic carbocycles. The second-order valence-electron chi connectivity index (χ2n) is 5.03. The Balaban J connectivity index is 1.87. The van der Waals surface area contributed by atoms with Gasteiger partial charge in [0, 0.05) is 25.5 Å². The molecule has 0 aliphatic rings. The van der Waals surface area contributed by atoms with E-state index >= 15 is 0 Å². The van der Waals surface area contributed by atoms with Crippen LogP contribution in [0.15, 0.2) is 42.7 Å². The Hall–Kier alpha value is -2.57. The first-order valence-corrected chi connectivity index (χ1v) is 6.93. The maximum Gasteiger partial charge on any atom is 0.416 e. The lowest BCUT2D eigenvalue weighted by Crippen LogP contribution is -2.34. The molecule has 0 fully saturated rings. The van der Waals surface area contributed by atoms with Crippen LogP contribution in [-0.4, -0.2) is 11.0 Å². The third-order valence-corrected chi connectivity index (χ3v) is 3.31. The van der Waals surface area contributed by atoms with E-state index in [9.17, 15) is 18.0 Å². The first kappa shape index (κ1) is 16.8. The Morgan fingerprint density at radius 2 is 1.74 bits per heavy atom. The van der Waals surface area contributed by atoms with Crippen molar-refractivity contribution in [1.29, 1.82) is 0 Å². The Morgan fingerprint density at radius 1 is 1.09 bits per heavy atom. The second kappa shape index (κ2) is 7.13. The molecule has 0 spiro atoms. The summed E-state index contributed by atoms with van der Waals surface area (Å²) in [4.78, 5) is 15.6. The molecule has 2 rings (SSSR count). The molecule has 0 atom stereocenters. The van der Waals surface area contributed by atoms with Gasteiger partial charge in [-0.1, -0.05) is 6.07 Å². The molecule has 23 heavy (non-hydrogen) atoms. The standard InChI is InChI=1S/C16H16F3N3O/c1-11-8-14(16(17,18)19)3-2-13(11)10-22-15(23)21-9-12-4-6-20-7-5-12/h2-8H,9-10H2,1H3,(H2,21,22,23).